The molecule has 0 aliphatic rings. The first kappa shape index (κ1) is 9.09. The maximum atomic E-state index is 9.05. The molecule has 0 aliphatic carbocycles. The van der Waals surface area contributed by atoms with Gasteiger partial charge in [-0.05, 0) is 12.5 Å². The van der Waals surface area contributed by atoms with Crippen LogP contribution in [0.2, 0.25) is 0 Å². The molecule has 66 valence electrons. The summed E-state index contributed by atoms with van der Waals surface area (Å²) in [7, 11) is 0. The van der Waals surface area contributed by atoms with E-state index < -0.39 is 6.10 Å². The summed E-state index contributed by atoms with van der Waals surface area (Å²) in [5.41, 5.74) is 0.984. The quantitative estimate of drug-likeness (QED) is 0.649. The first-order valence-electron chi connectivity index (χ1n) is 3.79. The van der Waals surface area contributed by atoms with Crippen molar-refractivity contribution in [3.63, 3.8) is 0 Å². The van der Waals surface area contributed by atoms with Crippen molar-refractivity contribution in [2.45, 2.75) is 19.4 Å². The van der Waals surface area contributed by atoms with Crippen LogP contribution < -0.4 is 0 Å². The summed E-state index contributed by atoms with van der Waals surface area (Å²) in [5, 5.41) is 17.6. The summed E-state index contributed by atoms with van der Waals surface area (Å²) in [4.78, 5) is 7.97. The number of rotatable bonds is 3. The molecule has 1 heterocycles. The van der Waals surface area contributed by atoms with E-state index in [-0.39, 0.29) is 6.61 Å². The molecule has 0 spiro atoms. The van der Waals surface area contributed by atoms with E-state index in [2.05, 4.69) is 9.97 Å². The maximum Gasteiger partial charge on any atom is 0.130 e. The molecule has 4 nitrogen and oxygen atoms in total. The smallest absolute Gasteiger partial charge is 0.130 e. The number of aromatic nitrogens is 2. The van der Waals surface area contributed by atoms with Crippen LogP contribution in [-0.4, -0.2) is 32.9 Å². The molecule has 1 aromatic heterocycles. The van der Waals surface area contributed by atoms with Gasteiger partial charge in [-0.15, -0.1) is 0 Å². The standard InChI is InChI=1S/C8H12N2O2/c1-6-3-9-8(10-4-6)2-7(12)5-11/h3-4,7,11-12H,2,5H2,1H3/t7-/m1/s1. The number of aliphatic hydroxyl groups is 2. The fraction of sp³-hybridized carbons (Fsp3) is 0.500. The van der Waals surface area contributed by atoms with Gasteiger partial charge < -0.3 is 10.2 Å². The Hall–Kier alpha value is -1.00. The zero-order valence-electron chi connectivity index (χ0n) is 6.94. The van der Waals surface area contributed by atoms with Crippen molar-refractivity contribution < 1.29 is 10.2 Å². The Morgan fingerprint density at radius 2 is 2.00 bits per heavy atom. The maximum absolute atomic E-state index is 9.05. The molecular formula is C8H12N2O2. The molecule has 0 fully saturated rings. The van der Waals surface area contributed by atoms with Crippen LogP contribution in [0.15, 0.2) is 12.4 Å². The summed E-state index contributed by atoms with van der Waals surface area (Å²) >= 11 is 0. The van der Waals surface area contributed by atoms with Gasteiger partial charge in [0.25, 0.3) is 0 Å². The van der Waals surface area contributed by atoms with Crippen LogP contribution in [0, 0.1) is 6.92 Å². The van der Waals surface area contributed by atoms with Crippen molar-refractivity contribution in [2.75, 3.05) is 6.61 Å². The van der Waals surface area contributed by atoms with E-state index in [0.29, 0.717) is 12.2 Å². The minimum atomic E-state index is -0.757. The Morgan fingerprint density at radius 1 is 1.42 bits per heavy atom. The predicted molar refractivity (Wildman–Crippen MR) is 43.6 cm³/mol. The second kappa shape index (κ2) is 4.13. The van der Waals surface area contributed by atoms with Gasteiger partial charge in [0, 0.05) is 18.8 Å². The second-order valence-corrected chi connectivity index (χ2v) is 2.72. The lowest BCUT2D eigenvalue weighted by Crippen LogP contribution is -2.16. The highest BCUT2D eigenvalue weighted by atomic mass is 16.3. The monoisotopic (exact) mass is 168 g/mol. The van der Waals surface area contributed by atoms with Gasteiger partial charge in [-0.3, -0.25) is 0 Å². The molecule has 0 radical (unpaired) electrons. The molecule has 0 bridgehead atoms. The van der Waals surface area contributed by atoms with Crippen molar-refractivity contribution in [3.8, 4) is 0 Å². The number of aliphatic hydroxyl groups excluding tert-OH is 2. The first-order valence-corrected chi connectivity index (χ1v) is 3.79. The van der Waals surface area contributed by atoms with Crippen molar-refractivity contribution in [3.05, 3.63) is 23.8 Å². The van der Waals surface area contributed by atoms with Gasteiger partial charge in [0.05, 0.1) is 12.7 Å². The molecule has 2 N–H and O–H groups in total. The van der Waals surface area contributed by atoms with E-state index >= 15 is 0 Å². The van der Waals surface area contributed by atoms with E-state index in [4.69, 9.17) is 10.2 Å². The van der Waals surface area contributed by atoms with Crippen LogP contribution in [0.4, 0.5) is 0 Å². The molecule has 1 aromatic rings. The summed E-state index contributed by atoms with van der Waals surface area (Å²) in [6, 6.07) is 0. The lowest BCUT2D eigenvalue weighted by Gasteiger charge is -2.04. The van der Waals surface area contributed by atoms with E-state index in [1.807, 2.05) is 6.92 Å². The molecule has 4 heteroatoms. The van der Waals surface area contributed by atoms with Crippen molar-refractivity contribution in [1.29, 1.82) is 0 Å². The number of aryl methyl sites for hydroxylation is 1. The van der Waals surface area contributed by atoms with E-state index in [1.165, 1.54) is 0 Å². The third kappa shape index (κ3) is 2.56. The van der Waals surface area contributed by atoms with Crippen LogP contribution in [0.5, 0.6) is 0 Å². The van der Waals surface area contributed by atoms with Crippen LogP contribution in [-0.2, 0) is 6.42 Å². The van der Waals surface area contributed by atoms with E-state index in [1.54, 1.807) is 12.4 Å². The highest BCUT2D eigenvalue weighted by molar-refractivity contribution is 5.02. The zero-order chi connectivity index (χ0) is 8.97. The summed E-state index contributed by atoms with van der Waals surface area (Å²) < 4.78 is 0. The summed E-state index contributed by atoms with van der Waals surface area (Å²) in [5.74, 6) is 0.558. The third-order valence-corrected chi connectivity index (χ3v) is 1.46. The molecular weight excluding hydrogens is 156 g/mol. The summed E-state index contributed by atoms with van der Waals surface area (Å²) in [6.07, 6.45) is 2.92. The molecule has 0 saturated carbocycles. The van der Waals surface area contributed by atoms with Crippen LogP contribution in [0.3, 0.4) is 0 Å². The SMILES string of the molecule is Cc1cnc(C[C@@H](O)CO)nc1. The van der Waals surface area contributed by atoms with Gasteiger partial charge in [-0.1, -0.05) is 0 Å². The molecule has 12 heavy (non-hydrogen) atoms. The van der Waals surface area contributed by atoms with Crippen molar-refractivity contribution >= 4 is 0 Å². The number of hydrogen-bond donors (Lipinski definition) is 2. The van der Waals surface area contributed by atoms with Crippen LogP contribution >= 0.6 is 0 Å². The van der Waals surface area contributed by atoms with Crippen molar-refractivity contribution in [1.82, 2.24) is 9.97 Å². The first-order chi connectivity index (χ1) is 5.72. The van der Waals surface area contributed by atoms with Crippen LogP contribution in [0.25, 0.3) is 0 Å². The van der Waals surface area contributed by atoms with Gasteiger partial charge in [0.2, 0.25) is 0 Å². The minimum absolute atomic E-state index is 0.253. The number of nitrogens with zero attached hydrogens (tertiary/aromatic N) is 2. The van der Waals surface area contributed by atoms with Gasteiger partial charge in [-0.25, -0.2) is 9.97 Å². The fourth-order valence-electron chi connectivity index (χ4n) is 0.800. The van der Waals surface area contributed by atoms with Gasteiger partial charge in [0.15, 0.2) is 0 Å². The highest BCUT2D eigenvalue weighted by Gasteiger charge is 2.04. The minimum Gasteiger partial charge on any atom is -0.394 e. The Kier molecular flexibility index (Phi) is 3.13. The lowest BCUT2D eigenvalue weighted by atomic mass is 10.2. The Balaban J connectivity index is 2.58. The molecule has 0 amide bonds. The van der Waals surface area contributed by atoms with Gasteiger partial charge in [-0.2, -0.15) is 0 Å². The van der Waals surface area contributed by atoms with Gasteiger partial charge >= 0.3 is 0 Å². The molecule has 0 aliphatic heterocycles. The normalized spacial score (nSPS) is 12.9. The Bertz CT molecular complexity index is 235. The van der Waals surface area contributed by atoms with E-state index in [9.17, 15) is 0 Å². The van der Waals surface area contributed by atoms with Gasteiger partial charge in [0.1, 0.15) is 5.82 Å². The average molecular weight is 168 g/mol. The lowest BCUT2D eigenvalue weighted by molar-refractivity contribution is 0.0939. The molecule has 0 saturated heterocycles. The third-order valence-electron chi connectivity index (χ3n) is 1.46. The molecule has 1 atom stereocenters. The predicted octanol–water partition coefficient (Wildman–Crippen LogP) is -0.319. The Labute approximate surface area is 70.9 Å². The average Bonchev–Trinajstić information content (AvgIpc) is 2.09. The number of hydrogen-bond acceptors (Lipinski definition) is 4. The zero-order valence-corrected chi connectivity index (χ0v) is 6.94. The summed E-state index contributed by atoms with van der Waals surface area (Å²) in [6.45, 7) is 1.64. The van der Waals surface area contributed by atoms with Crippen molar-refractivity contribution in [2.24, 2.45) is 0 Å². The van der Waals surface area contributed by atoms with Crippen LogP contribution in [0.1, 0.15) is 11.4 Å². The fourth-order valence-corrected chi connectivity index (χ4v) is 0.800. The topological polar surface area (TPSA) is 66.2 Å². The van der Waals surface area contributed by atoms with E-state index in [0.717, 1.165) is 5.56 Å². The second-order valence-electron chi connectivity index (χ2n) is 2.72. The molecule has 0 unspecified atom stereocenters. The largest absolute Gasteiger partial charge is 0.394 e. The Morgan fingerprint density at radius 3 is 2.50 bits per heavy atom. The highest BCUT2D eigenvalue weighted by Crippen LogP contribution is 1.97. The molecule has 1 rings (SSSR count). The molecule has 0 aromatic carbocycles.